The summed E-state index contributed by atoms with van der Waals surface area (Å²) in [5, 5.41) is 18.1. The lowest BCUT2D eigenvalue weighted by Gasteiger charge is -2.24. The molecule has 0 aliphatic carbocycles. The molecule has 6 nitrogen and oxygen atoms in total. The number of aromatic carboxylic acids is 1. The van der Waals surface area contributed by atoms with Crippen molar-refractivity contribution in [3.8, 4) is 0 Å². The summed E-state index contributed by atoms with van der Waals surface area (Å²) >= 11 is 0. The molecule has 0 heterocycles. The van der Waals surface area contributed by atoms with Crippen molar-refractivity contribution in [2.45, 2.75) is 13.8 Å². The Labute approximate surface area is 122 Å². The molecule has 0 aliphatic rings. The van der Waals surface area contributed by atoms with Crippen molar-refractivity contribution in [2.24, 2.45) is 5.92 Å². The van der Waals surface area contributed by atoms with E-state index in [2.05, 4.69) is 6.58 Å². The van der Waals surface area contributed by atoms with Gasteiger partial charge < -0.3 is 10.2 Å². The predicted molar refractivity (Wildman–Crippen MR) is 77.4 cm³/mol. The smallest absolute Gasteiger partial charge is 0.337 e. The minimum atomic E-state index is -1.24. The highest BCUT2D eigenvalue weighted by Gasteiger charge is 2.26. The first-order valence-corrected chi connectivity index (χ1v) is 6.30. The molecule has 112 valence electrons. The third-order valence-corrected chi connectivity index (χ3v) is 2.94. The van der Waals surface area contributed by atoms with E-state index in [0.717, 1.165) is 4.90 Å². The van der Waals surface area contributed by atoms with Gasteiger partial charge in [-0.15, -0.1) is 0 Å². The van der Waals surface area contributed by atoms with E-state index in [1.165, 1.54) is 18.2 Å². The molecule has 0 fully saturated rings. The Morgan fingerprint density at radius 1 is 1.19 bits per heavy atom. The van der Waals surface area contributed by atoms with E-state index in [0.29, 0.717) is 0 Å². The van der Waals surface area contributed by atoms with Gasteiger partial charge in [-0.3, -0.25) is 14.5 Å². The second kappa shape index (κ2) is 6.69. The largest absolute Gasteiger partial charge is 0.480 e. The molecule has 0 bridgehead atoms. The summed E-state index contributed by atoms with van der Waals surface area (Å²) in [7, 11) is 0. The van der Waals surface area contributed by atoms with Gasteiger partial charge in [-0.2, -0.15) is 0 Å². The molecule has 0 atom stereocenters. The number of carboxylic acid groups (broad SMARTS) is 2. The Morgan fingerprint density at radius 2 is 1.76 bits per heavy atom. The van der Waals surface area contributed by atoms with Gasteiger partial charge in [0.1, 0.15) is 6.54 Å². The molecule has 0 saturated carbocycles. The Morgan fingerprint density at radius 3 is 2.24 bits per heavy atom. The number of nitrogens with zero attached hydrogens (tertiary/aromatic N) is 1. The van der Waals surface area contributed by atoms with Crippen LogP contribution in [0.1, 0.15) is 24.2 Å². The summed E-state index contributed by atoms with van der Waals surface area (Å²) in [4.78, 5) is 35.5. The number of aliphatic carboxylic acids is 1. The van der Waals surface area contributed by atoms with Gasteiger partial charge in [0.25, 0.3) is 5.91 Å². The number of carboxylic acids is 2. The molecule has 6 heteroatoms. The van der Waals surface area contributed by atoms with E-state index < -0.39 is 24.4 Å². The summed E-state index contributed by atoms with van der Waals surface area (Å²) in [5.74, 6) is -3.24. The van der Waals surface area contributed by atoms with Crippen molar-refractivity contribution < 1.29 is 24.6 Å². The van der Waals surface area contributed by atoms with E-state index in [9.17, 15) is 19.5 Å². The van der Waals surface area contributed by atoms with Gasteiger partial charge >= 0.3 is 11.9 Å². The zero-order valence-electron chi connectivity index (χ0n) is 11.9. The molecule has 0 aromatic heterocycles. The van der Waals surface area contributed by atoms with E-state index in [-0.39, 0.29) is 22.7 Å². The molecule has 0 radical (unpaired) electrons. The van der Waals surface area contributed by atoms with Crippen LogP contribution in [0.4, 0.5) is 5.69 Å². The van der Waals surface area contributed by atoms with Crippen LogP contribution >= 0.6 is 0 Å². The molecule has 0 saturated heterocycles. The molecule has 2 N–H and O–H groups in total. The van der Waals surface area contributed by atoms with Crippen LogP contribution in [0.3, 0.4) is 0 Å². The van der Waals surface area contributed by atoms with E-state index in [1.54, 1.807) is 19.9 Å². The van der Waals surface area contributed by atoms with E-state index >= 15 is 0 Å². The highest BCUT2D eigenvalue weighted by Crippen LogP contribution is 2.23. The molecule has 1 amide bonds. The number of para-hydroxylation sites is 1. The van der Waals surface area contributed by atoms with Gasteiger partial charge in [-0.1, -0.05) is 32.6 Å². The van der Waals surface area contributed by atoms with E-state index in [1.807, 2.05) is 0 Å². The third kappa shape index (κ3) is 3.92. The second-order valence-corrected chi connectivity index (χ2v) is 4.79. The first-order chi connectivity index (χ1) is 9.75. The van der Waals surface area contributed by atoms with Crippen LogP contribution in [0.15, 0.2) is 36.4 Å². The lowest BCUT2D eigenvalue weighted by Crippen LogP contribution is -2.38. The molecular formula is C15H17NO5. The topological polar surface area (TPSA) is 94.9 Å². The van der Waals surface area contributed by atoms with Crippen molar-refractivity contribution >= 4 is 23.5 Å². The fraction of sp³-hybridized carbons (Fsp3) is 0.267. The molecular weight excluding hydrogens is 274 g/mol. The Kier molecular flexibility index (Phi) is 5.24. The number of rotatable bonds is 6. The summed E-state index contributed by atoms with van der Waals surface area (Å²) < 4.78 is 0. The average Bonchev–Trinajstić information content (AvgIpc) is 2.42. The van der Waals surface area contributed by atoms with Crippen LogP contribution in [0.5, 0.6) is 0 Å². The van der Waals surface area contributed by atoms with Crippen molar-refractivity contribution in [2.75, 3.05) is 11.4 Å². The zero-order chi connectivity index (χ0) is 16.2. The van der Waals surface area contributed by atoms with E-state index in [4.69, 9.17) is 5.11 Å². The first kappa shape index (κ1) is 16.4. The normalized spacial score (nSPS) is 10.2. The van der Waals surface area contributed by atoms with Crippen LogP contribution in [-0.4, -0.2) is 34.6 Å². The molecule has 0 unspecified atom stereocenters. The maximum absolute atomic E-state index is 12.4. The number of carbonyl (C=O) groups is 3. The van der Waals surface area contributed by atoms with Gasteiger partial charge in [0.15, 0.2) is 0 Å². The number of amides is 1. The minimum absolute atomic E-state index is 0.0409. The third-order valence-electron chi connectivity index (χ3n) is 2.94. The number of anilines is 1. The molecule has 0 spiro atoms. The number of benzene rings is 1. The van der Waals surface area contributed by atoms with Gasteiger partial charge in [-0.05, 0) is 18.1 Å². The number of hydrogen-bond donors (Lipinski definition) is 2. The monoisotopic (exact) mass is 291 g/mol. The molecule has 1 aromatic rings. The minimum Gasteiger partial charge on any atom is -0.480 e. The predicted octanol–water partition coefficient (Wildman–Crippen LogP) is 2.01. The standard InChI is InChI=1S/C15H17NO5/c1-9(2)10(3)14(19)16(8-13(17)18)12-7-5-4-6-11(12)15(20)21/h4-7,9H,3,8H2,1-2H3,(H,17,18)(H,20,21). The zero-order valence-corrected chi connectivity index (χ0v) is 11.9. The van der Waals surface area contributed by atoms with Crippen molar-refractivity contribution in [3.05, 3.63) is 42.0 Å². The molecule has 1 aromatic carbocycles. The maximum Gasteiger partial charge on any atom is 0.337 e. The molecule has 1 rings (SSSR count). The van der Waals surface area contributed by atoms with Gasteiger partial charge in [-0.25, -0.2) is 4.79 Å². The summed E-state index contributed by atoms with van der Waals surface area (Å²) in [5.41, 5.74) is 0.124. The average molecular weight is 291 g/mol. The van der Waals surface area contributed by atoms with Gasteiger partial charge in [0.2, 0.25) is 0 Å². The fourth-order valence-electron chi connectivity index (χ4n) is 1.71. The van der Waals surface area contributed by atoms with Crippen LogP contribution in [0, 0.1) is 5.92 Å². The second-order valence-electron chi connectivity index (χ2n) is 4.79. The van der Waals surface area contributed by atoms with Crippen LogP contribution in [0.25, 0.3) is 0 Å². The highest BCUT2D eigenvalue weighted by molar-refractivity contribution is 6.10. The van der Waals surface area contributed by atoms with Gasteiger partial charge in [0, 0.05) is 5.57 Å². The van der Waals surface area contributed by atoms with Crippen LogP contribution in [-0.2, 0) is 9.59 Å². The Hall–Kier alpha value is -2.63. The Bertz CT molecular complexity index is 591. The van der Waals surface area contributed by atoms with Crippen molar-refractivity contribution in [1.82, 2.24) is 0 Å². The SMILES string of the molecule is C=C(C(=O)N(CC(=O)O)c1ccccc1C(=O)O)C(C)C. The summed E-state index contributed by atoms with van der Waals surface area (Å²) in [6, 6.07) is 5.77. The van der Waals surface area contributed by atoms with Crippen LogP contribution < -0.4 is 4.90 Å². The maximum atomic E-state index is 12.4. The van der Waals surface area contributed by atoms with Crippen molar-refractivity contribution in [3.63, 3.8) is 0 Å². The van der Waals surface area contributed by atoms with Crippen molar-refractivity contribution in [1.29, 1.82) is 0 Å². The number of carbonyl (C=O) groups excluding carboxylic acids is 1. The van der Waals surface area contributed by atoms with Crippen LogP contribution in [0.2, 0.25) is 0 Å². The molecule has 0 aliphatic heterocycles. The highest BCUT2D eigenvalue weighted by atomic mass is 16.4. The fourth-order valence-corrected chi connectivity index (χ4v) is 1.71. The number of hydrogen-bond acceptors (Lipinski definition) is 3. The first-order valence-electron chi connectivity index (χ1n) is 6.30. The molecule has 21 heavy (non-hydrogen) atoms. The lowest BCUT2D eigenvalue weighted by molar-refractivity contribution is -0.136. The summed E-state index contributed by atoms with van der Waals surface area (Å²) in [6.07, 6.45) is 0. The summed E-state index contributed by atoms with van der Waals surface area (Å²) in [6.45, 7) is 6.53. The van der Waals surface area contributed by atoms with Gasteiger partial charge in [0.05, 0.1) is 11.3 Å². The Balaban J connectivity index is 3.33. The quantitative estimate of drug-likeness (QED) is 0.782. The lowest BCUT2D eigenvalue weighted by atomic mass is 10.0.